The van der Waals surface area contributed by atoms with Crippen LogP contribution < -0.4 is 0 Å². The Labute approximate surface area is 109 Å². The van der Waals surface area contributed by atoms with E-state index in [0.717, 1.165) is 14.4 Å². The van der Waals surface area contributed by atoms with Gasteiger partial charge < -0.3 is 0 Å². The van der Waals surface area contributed by atoms with Crippen LogP contribution in [-0.4, -0.2) is 27.5 Å². The van der Waals surface area contributed by atoms with Crippen molar-refractivity contribution in [3.05, 3.63) is 0 Å². The number of aromatic nitrogens is 2. The van der Waals surface area contributed by atoms with E-state index in [1.54, 1.807) is 23.1 Å². The van der Waals surface area contributed by atoms with Crippen molar-refractivity contribution in [3.8, 4) is 0 Å². The van der Waals surface area contributed by atoms with E-state index in [0.29, 0.717) is 5.75 Å². The molecular formula is C10H16N2OS3. The molecule has 16 heavy (non-hydrogen) atoms. The molecule has 0 radical (unpaired) electrons. The molecule has 0 atom stereocenters. The number of thioether (sulfide) groups is 2. The number of rotatable bonds is 5. The highest BCUT2D eigenvalue weighted by atomic mass is 32.2. The fraction of sp³-hybridized carbons (Fsp3) is 0.700. The summed E-state index contributed by atoms with van der Waals surface area (Å²) in [4.78, 5) is 11.7. The topological polar surface area (TPSA) is 42.9 Å². The lowest BCUT2D eigenvalue weighted by molar-refractivity contribution is -0.123. The van der Waals surface area contributed by atoms with Crippen LogP contribution in [0.5, 0.6) is 0 Å². The summed E-state index contributed by atoms with van der Waals surface area (Å²) < 4.78 is 1.86. The molecular weight excluding hydrogens is 260 g/mol. The van der Waals surface area contributed by atoms with Gasteiger partial charge in [0.2, 0.25) is 0 Å². The Morgan fingerprint density at radius 1 is 1.25 bits per heavy atom. The summed E-state index contributed by atoms with van der Waals surface area (Å²) in [6, 6.07) is 0. The lowest BCUT2D eigenvalue weighted by atomic mass is 9.92. The van der Waals surface area contributed by atoms with Crippen molar-refractivity contribution in [2.45, 2.75) is 36.4 Å². The van der Waals surface area contributed by atoms with Crippen LogP contribution in [0.2, 0.25) is 0 Å². The molecule has 0 aliphatic rings. The van der Waals surface area contributed by atoms with E-state index < -0.39 is 0 Å². The second-order valence-corrected chi connectivity index (χ2v) is 7.94. The van der Waals surface area contributed by atoms with Gasteiger partial charge in [0, 0.05) is 5.41 Å². The Morgan fingerprint density at radius 3 is 2.31 bits per heavy atom. The van der Waals surface area contributed by atoms with Gasteiger partial charge in [0.25, 0.3) is 0 Å². The van der Waals surface area contributed by atoms with Crippen molar-refractivity contribution in [2.75, 3.05) is 11.5 Å². The first-order chi connectivity index (χ1) is 7.43. The molecule has 1 aromatic rings. The summed E-state index contributed by atoms with van der Waals surface area (Å²) >= 11 is 4.73. The van der Waals surface area contributed by atoms with Gasteiger partial charge in [-0.25, -0.2) is 0 Å². The van der Waals surface area contributed by atoms with E-state index in [2.05, 4.69) is 17.1 Å². The summed E-state index contributed by atoms with van der Waals surface area (Å²) in [5, 5.41) is 8.09. The minimum absolute atomic E-state index is 0.248. The van der Waals surface area contributed by atoms with E-state index in [4.69, 9.17) is 0 Å². The van der Waals surface area contributed by atoms with Crippen molar-refractivity contribution in [1.29, 1.82) is 0 Å². The van der Waals surface area contributed by atoms with Gasteiger partial charge in [-0.2, -0.15) is 0 Å². The highest BCUT2D eigenvalue weighted by Crippen LogP contribution is 2.29. The molecule has 0 unspecified atom stereocenters. The Morgan fingerprint density at radius 2 is 1.81 bits per heavy atom. The molecule has 6 heteroatoms. The highest BCUT2D eigenvalue weighted by molar-refractivity contribution is 8.03. The molecule has 0 spiro atoms. The quantitative estimate of drug-likeness (QED) is 0.772. The standard InChI is InChI=1S/C10H16N2OS3/c1-5-14-8-11-12-9(16-8)15-6-7(13)10(2,3)4/h5-6H2,1-4H3. The van der Waals surface area contributed by atoms with Gasteiger partial charge in [0.1, 0.15) is 5.78 Å². The normalized spacial score (nSPS) is 11.8. The molecule has 1 aromatic heterocycles. The third-order valence-electron chi connectivity index (χ3n) is 1.82. The van der Waals surface area contributed by atoms with Crippen LogP contribution in [0, 0.1) is 5.41 Å². The van der Waals surface area contributed by atoms with E-state index in [-0.39, 0.29) is 11.2 Å². The van der Waals surface area contributed by atoms with Crippen molar-refractivity contribution < 1.29 is 4.79 Å². The summed E-state index contributed by atoms with van der Waals surface area (Å²) in [5.74, 6) is 1.73. The molecule has 1 heterocycles. The number of carbonyl (C=O) groups is 1. The van der Waals surface area contributed by atoms with Gasteiger partial charge in [0.15, 0.2) is 8.68 Å². The SMILES string of the molecule is CCSc1nnc(SCC(=O)C(C)(C)C)s1. The van der Waals surface area contributed by atoms with Crippen LogP contribution in [0.3, 0.4) is 0 Å². The second kappa shape index (κ2) is 6.02. The maximum absolute atomic E-state index is 11.7. The molecule has 0 N–H and O–H groups in total. The van der Waals surface area contributed by atoms with Crippen LogP contribution in [0.25, 0.3) is 0 Å². The molecule has 1 rings (SSSR count). The predicted molar refractivity (Wildman–Crippen MR) is 71.5 cm³/mol. The van der Waals surface area contributed by atoms with E-state index in [9.17, 15) is 4.79 Å². The number of hydrogen-bond donors (Lipinski definition) is 0. The smallest absolute Gasteiger partial charge is 0.175 e. The van der Waals surface area contributed by atoms with Crippen LogP contribution in [0.15, 0.2) is 8.68 Å². The lowest BCUT2D eigenvalue weighted by Gasteiger charge is -2.15. The predicted octanol–water partition coefficient (Wildman–Crippen LogP) is 3.36. The van der Waals surface area contributed by atoms with Crippen LogP contribution >= 0.6 is 34.9 Å². The molecule has 0 aromatic carbocycles. The third kappa shape index (κ3) is 4.43. The maximum Gasteiger partial charge on any atom is 0.175 e. The minimum atomic E-state index is -0.265. The van der Waals surface area contributed by atoms with E-state index in [1.165, 1.54) is 11.8 Å². The van der Waals surface area contributed by atoms with E-state index in [1.807, 2.05) is 20.8 Å². The van der Waals surface area contributed by atoms with Crippen molar-refractivity contribution in [2.24, 2.45) is 5.41 Å². The molecule has 0 fully saturated rings. The monoisotopic (exact) mass is 276 g/mol. The van der Waals surface area contributed by atoms with Gasteiger partial charge in [-0.1, -0.05) is 62.6 Å². The number of carbonyl (C=O) groups excluding carboxylic acids is 1. The van der Waals surface area contributed by atoms with Gasteiger partial charge in [-0.3, -0.25) is 4.79 Å². The first kappa shape index (κ1) is 14.0. The van der Waals surface area contributed by atoms with Crippen molar-refractivity contribution >= 4 is 40.6 Å². The number of ketones is 1. The Balaban J connectivity index is 2.45. The van der Waals surface area contributed by atoms with Crippen LogP contribution in [0.4, 0.5) is 0 Å². The Kier molecular flexibility index (Phi) is 5.27. The van der Waals surface area contributed by atoms with E-state index >= 15 is 0 Å². The minimum Gasteiger partial charge on any atom is -0.298 e. The molecule has 0 saturated heterocycles. The average molecular weight is 276 g/mol. The molecule has 3 nitrogen and oxygen atoms in total. The summed E-state index contributed by atoms with van der Waals surface area (Å²) in [5.41, 5.74) is -0.265. The largest absolute Gasteiger partial charge is 0.298 e. The molecule has 90 valence electrons. The first-order valence-electron chi connectivity index (χ1n) is 5.06. The van der Waals surface area contributed by atoms with Crippen molar-refractivity contribution in [3.63, 3.8) is 0 Å². The van der Waals surface area contributed by atoms with Gasteiger partial charge in [-0.15, -0.1) is 10.2 Å². The molecule has 0 aliphatic carbocycles. The lowest BCUT2D eigenvalue weighted by Crippen LogP contribution is -2.21. The third-order valence-corrected chi connectivity index (χ3v) is 4.89. The maximum atomic E-state index is 11.7. The van der Waals surface area contributed by atoms with Crippen LogP contribution in [0.1, 0.15) is 27.7 Å². The van der Waals surface area contributed by atoms with Crippen molar-refractivity contribution in [1.82, 2.24) is 10.2 Å². The van der Waals surface area contributed by atoms with Crippen LogP contribution in [-0.2, 0) is 4.79 Å². The fourth-order valence-electron chi connectivity index (χ4n) is 0.781. The Hall–Kier alpha value is -0.0700. The number of nitrogens with zero attached hydrogens (tertiary/aromatic N) is 2. The zero-order valence-electron chi connectivity index (χ0n) is 9.94. The number of Topliss-reactive ketones (excluding diaryl/α,β-unsaturated/α-hetero) is 1. The molecule has 0 amide bonds. The molecule has 0 aliphatic heterocycles. The summed E-state index contributed by atoms with van der Waals surface area (Å²) in [7, 11) is 0. The summed E-state index contributed by atoms with van der Waals surface area (Å²) in [6.45, 7) is 7.90. The first-order valence-corrected chi connectivity index (χ1v) is 7.84. The van der Waals surface area contributed by atoms with Gasteiger partial charge in [-0.05, 0) is 5.75 Å². The van der Waals surface area contributed by atoms with Gasteiger partial charge in [0.05, 0.1) is 5.75 Å². The summed E-state index contributed by atoms with van der Waals surface area (Å²) in [6.07, 6.45) is 0. The fourth-order valence-corrected chi connectivity index (χ4v) is 3.86. The second-order valence-electron chi connectivity index (χ2n) is 4.23. The Bertz CT molecular complexity index is 357. The highest BCUT2D eigenvalue weighted by Gasteiger charge is 2.21. The zero-order chi connectivity index (χ0) is 12.2. The molecule has 0 bridgehead atoms. The average Bonchev–Trinajstić information content (AvgIpc) is 2.61. The van der Waals surface area contributed by atoms with Gasteiger partial charge >= 0.3 is 0 Å². The zero-order valence-corrected chi connectivity index (χ0v) is 12.4. The number of hydrogen-bond acceptors (Lipinski definition) is 6. The molecule has 0 saturated carbocycles.